The van der Waals surface area contributed by atoms with Crippen molar-refractivity contribution in [2.75, 3.05) is 13.6 Å². The van der Waals surface area contributed by atoms with E-state index in [0.29, 0.717) is 0 Å². The lowest BCUT2D eigenvalue weighted by Gasteiger charge is -2.04. The molecular weight excluding hydrogens is 188 g/mol. The molecule has 0 bridgehead atoms. The minimum absolute atomic E-state index is 0.966. The van der Waals surface area contributed by atoms with Crippen LogP contribution in [0.15, 0.2) is 24.5 Å². The summed E-state index contributed by atoms with van der Waals surface area (Å²) in [6.45, 7) is 0.966. The molecule has 0 unspecified atom stereocenters. The molecule has 2 aromatic rings. The standard InChI is InChI=1S/C11H16N4/c1-12-7-5-11-9(8-14-15(11)2)10-4-3-6-13-10/h3-4,6,8,12-13H,5,7H2,1-2H3. The molecule has 0 aromatic carbocycles. The highest BCUT2D eigenvalue weighted by atomic mass is 15.3. The molecule has 0 fully saturated rings. The summed E-state index contributed by atoms with van der Waals surface area (Å²) in [5.74, 6) is 0. The number of rotatable bonds is 4. The highest BCUT2D eigenvalue weighted by Gasteiger charge is 2.10. The maximum absolute atomic E-state index is 4.29. The van der Waals surface area contributed by atoms with Gasteiger partial charge in [-0.25, -0.2) is 0 Å². The van der Waals surface area contributed by atoms with E-state index in [1.54, 1.807) is 0 Å². The number of nitrogens with one attached hydrogen (secondary N) is 2. The summed E-state index contributed by atoms with van der Waals surface area (Å²) in [6.07, 6.45) is 4.84. The van der Waals surface area contributed by atoms with Gasteiger partial charge in [0.15, 0.2) is 0 Å². The number of likely N-dealkylation sites (N-methyl/N-ethyl adjacent to an activating group) is 1. The molecule has 2 rings (SSSR count). The Morgan fingerprint density at radius 3 is 3.07 bits per heavy atom. The number of hydrogen-bond donors (Lipinski definition) is 2. The summed E-state index contributed by atoms with van der Waals surface area (Å²) in [5.41, 5.74) is 3.58. The van der Waals surface area contributed by atoms with E-state index in [4.69, 9.17) is 0 Å². The molecule has 0 saturated carbocycles. The van der Waals surface area contributed by atoms with E-state index < -0.39 is 0 Å². The highest BCUT2D eigenvalue weighted by molar-refractivity contribution is 5.61. The van der Waals surface area contributed by atoms with Gasteiger partial charge in [0.2, 0.25) is 0 Å². The van der Waals surface area contributed by atoms with E-state index in [-0.39, 0.29) is 0 Å². The topological polar surface area (TPSA) is 45.6 Å². The van der Waals surface area contributed by atoms with Crippen molar-refractivity contribution in [3.05, 3.63) is 30.2 Å². The maximum Gasteiger partial charge on any atom is 0.0586 e. The van der Waals surface area contributed by atoms with Gasteiger partial charge in [-0.15, -0.1) is 0 Å². The second-order valence-corrected chi connectivity index (χ2v) is 3.57. The van der Waals surface area contributed by atoms with Gasteiger partial charge >= 0.3 is 0 Å². The van der Waals surface area contributed by atoms with Crippen molar-refractivity contribution in [1.82, 2.24) is 20.1 Å². The fourth-order valence-electron chi connectivity index (χ4n) is 1.73. The Morgan fingerprint density at radius 2 is 2.40 bits per heavy atom. The van der Waals surface area contributed by atoms with Gasteiger partial charge in [0.1, 0.15) is 0 Å². The van der Waals surface area contributed by atoms with Crippen LogP contribution in [-0.2, 0) is 13.5 Å². The Kier molecular flexibility index (Phi) is 2.87. The SMILES string of the molecule is CNCCc1c(-c2ccc[nH]2)cnn1C. The first-order chi connectivity index (χ1) is 7.33. The minimum atomic E-state index is 0.966. The number of aromatic amines is 1. The van der Waals surface area contributed by atoms with Crippen LogP contribution in [-0.4, -0.2) is 28.4 Å². The van der Waals surface area contributed by atoms with Crippen LogP contribution in [0.25, 0.3) is 11.3 Å². The van der Waals surface area contributed by atoms with Crippen molar-refractivity contribution in [2.24, 2.45) is 7.05 Å². The van der Waals surface area contributed by atoms with Crippen LogP contribution in [0, 0.1) is 0 Å². The average Bonchev–Trinajstić information content (AvgIpc) is 2.84. The Balaban J connectivity index is 2.31. The van der Waals surface area contributed by atoms with Crippen LogP contribution in [0.3, 0.4) is 0 Å². The van der Waals surface area contributed by atoms with Gasteiger partial charge < -0.3 is 10.3 Å². The van der Waals surface area contributed by atoms with E-state index in [9.17, 15) is 0 Å². The third-order valence-corrected chi connectivity index (χ3v) is 2.56. The van der Waals surface area contributed by atoms with Gasteiger partial charge in [-0.3, -0.25) is 4.68 Å². The van der Waals surface area contributed by atoms with Gasteiger partial charge in [0.25, 0.3) is 0 Å². The third-order valence-electron chi connectivity index (χ3n) is 2.56. The van der Waals surface area contributed by atoms with Gasteiger partial charge in [0.05, 0.1) is 6.20 Å². The first kappa shape index (κ1) is 9.98. The van der Waals surface area contributed by atoms with Crippen molar-refractivity contribution in [1.29, 1.82) is 0 Å². The predicted molar refractivity (Wildman–Crippen MR) is 60.6 cm³/mol. The summed E-state index contributed by atoms with van der Waals surface area (Å²) >= 11 is 0. The molecule has 2 N–H and O–H groups in total. The molecule has 4 nitrogen and oxygen atoms in total. The first-order valence-corrected chi connectivity index (χ1v) is 5.12. The van der Waals surface area contributed by atoms with Crippen molar-refractivity contribution in [3.63, 3.8) is 0 Å². The van der Waals surface area contributed by atoms with Crippen molar-refractivity contribution in [3.8, 4) is 11.3 Å². The lowest BCUT2D eigenvalue weighted by molar-refractivity contribution is 0.682. The molecule has 0 saturated heterocycles. The summed E-state index contributed by atoms with van der Waals surface area (Å²) < 4.78 is 1.94. The van der Waals surface area contributed by atoms with Crippen LogP contribution in [0.4, 0.5) is 0 Å². The zero-order chi connectivity index (χ0) is 10.7. The molecule has 0 spiro atoms. The summed E-state index contributed by atoms with van der Waals surface area (Å²) in [5, 5.41) is 7.45. The van der Waals surface area contributed by atoms with E-state index in [2.05, 4.69) is 21.5 Å². The smallest absolute Gasteiger partial charge is 0.0586 e. The lowest BCUT2D eigenvalue weighted by atomic mass is 10.1. The Morgan fingerprint density at radius 1 is 1.53 bits per heavy atom. The number of aromatic nitrogens is 3. The van der Waals surface area contributed by atoms with E-state index >= 15 is 0 Å². The van der Waals surface area contributed by atoms with Crippen LogP contribution >= 0.6 is 0 Å². The third kappa shape index (κ3) is 1.94. The fraction of sp³-hybridized carbons (Fsp3) is 0.364. The lowest BCUT2D eigenvalue weighted by Crippen LogP contribution is -2.13. The van der Waals surface area contributed by atoms with Gasteiger partial charge in [-0.05, 0) is 19.2 Å². The molecule has 2 aromatic heterocycles. The second kappa shape index (κ2) is 4.31. The van der Waals surface area contributed by atoms with Gasteiger partial charge in [-0.1, -0.05) is 0 Å². The Labute approximate surface area is 89.3 Å². The van der Waals surface area contributed by atoms with E-state index in [0.717, 1.165) is 18.7 Å². The predicted octanol–water partition coefficient (Wildman–Crippen LogP) is 1.18. The highest BCUT2D eigenvalue weighted by Crippen LogP contribution is 2.21. The minimum Gasteiger partial charge on any atom is -0.361 e. The summed E-state index contributed by atoms with van der Waals surface area (Å²) in [6, 6.07) is 4.07. The van der Waals surface area contributed by atoms with Crippen molar-refractivity contribution in [2.45, 2.75) is 6.42 Å². The Bertz CT molecular complexity index is 414. The van der Waals surface area contributed by atoms with E-state index in [1.165, 1.54) is 11.3 Å². The fourth-order valence-corrected chi connectivity index (χ4v) is 1.73. The number of H-pyrrole nitrogens is 1. The molecule has 80 valence electrons. The number of aryl methyl sites for hydroxylation is 1. The molecule has 0 atom stereocenters. The zero-order valence-electron chi connectivity index (χ0n) is 9.12. The normalized spacial score (nSPS) is 10.8. The molecular formula is C11H16N4. The molecule has 0 aliphatic rings. The van der Waals surface area contributed by atoms with Crippen LogP contribution in [0.5, 0.6) is 0 Å². The monoisotopic (exact) mass is 204 g/mol. The van der Waals surface area contributed by atoms with Gasteiger partial charge in [0, 0.05) is 43.2 Å². The van der Waals surface area contributed by atoms with Crippen molar-refractivity contribution < 1.29 is 0 Å². The van der Waals surface area contributed by atoms with E-state index in [1.807, 2.05) is 37.2 Å². The zero-order valence-corrected chi connectivity index (χ0v) is 9.12. The van der Waals surface area contributed by atoms with Crippen LogP contribution in [0.1, 0.15) is 5.69 Å². The largest absolute Gasteiger partial charge is 0.361 e. The van der Waals surface area contributed by atoms with Crippen LogP contribution < -0.4 is 5.32 Å². The first-order valence-electron chi connectivity index (χ1n) is 5.12. The summed E-state index contributed by atoms with van der Waals surface area (Å²) in [4.78, 5) is 3.21. The van der Waals surface area contributed by atoms with Crippen molar-refractivity contribution >= 4 is 0 Å². The molecule has 0 aliphatic carbocycles. The maximum atomic E-state index is 4.29. The van der Waals surface area contributed by atoms with Crippen LogP contribution in [0.2, 0.25) is 0 Å². The molecule has 4 heteroatoms. The summed E-state index contributed by atoms with van der Waals surface area (Å²) in [7, 11) is 3.95. The molecule has 15 heavy (non-hydrogen) atoms. The Hall–Kier alpha value is -1.55. The average molecular weight is 204 g/mol. The quantitative estimate of drug-likeness (QED) is 0.785. The molecule has 2 heterocycles. The molecule has 0 aliphatic heterocycles. The molecule has 0 amide bonds. The number of nitrogens with zero attached hydrogens (tertiary/aromatic N) is 2. The van der Waals surface area contributed by atoms with Gasteiger partial charge in [-0.2, -0.15) is 5.10 Å². The molecule has 0 radical (unpaired) electrons. The number of hydrogen-bond acceptors (Lipinski definition) is 2. The second-order valence-electron chi connectivity index (χ2n) is 3.57.